The van der Waals surface area contributed by atoms with Gasteiger partial charge in [-0.1, -0.05) is 6.08 Å². The first-order chi connectivity index (χ1) is 5.43. The number of hydrogen-bond acceptors (Lipinski definition) is 1. The fourth-order valence-corrected chi connectivity index (χ4v) is 0.773. The summed E-state index contributed by atoms with van der Waals surface area (Å²) in [6.45, 7) is 4.77. The zero-order valence-corrected chi connectivity index (χ0v) is 10.5. The largest absolute Gasteiger partial charge is 2.00 e. The molecule has 0 saturated carbocycles. The van der Waals surface area contributed by atoms with Crippen LogP contribution in [0, 0.1) is 6.07 Å². The quantitative estimate of drug-likeness (QED) is 0.283. The zero-order chi connectivity index (χ0) is 7.94. The molecule has 0 fully saturated rings. The van der Waals surface area contributed by atoms with E-state index in [1.807, 2.05) is 24.3 Å². The molecule has 66 valence electrons. The molecule has 3 heteroatoms. The molecule has 1 rings (SSSR count). The van der Waals surface area contributed by atoms with Crippen LogP contribution in [0.2, 0.25) is 0 Å². The topological polar surface area (TPSA) is 9.23 Å². The molecule has 0 spiro atoms. The minimum absolute atomic E-state index is 0. The van der Waals surface area contributed by atoms with Crippen LogP contribution in [0.4, 0.5) is 0 Å². The average molecular weight is 251 g/mol. The van der Waals surface area contributed by atoms with Crippen molar-refractivity contribution in [1.29, 1.82) is 0 Å². The Hall–Kier alpha value is 0.166. The molecule has 1 nitrogen and oxygen atoms in total. The van der Waals surface area contributed by atoms with Crippen LogP contribution in [0.25, 0.3) is 0 Å². The number of rotatable bonds is 4. The Morgan fingerprint density at radius 3 is 2.77 bits per heavy atom. The molecule has 0 heterocycles. The molecule has 1 aromatic rings. The van der Waals surface area contributed by atoms with Gasteiger partial charge < -0.3 is 21.7 Å². The van der Waals surface area contributed by atoms with Gasteiger partial charge in [0, 0.05) is 6.61 Å². The maximum Gasteiger partial charge on any atom is 2.00 e. The number of ether oxygens (including phenoxy) is 1. The predicted octanol–water partition coefficient (Wildman–Crippen LogP) is -1.19. The van der Waals surface area contributed by atoms with E-state index in [2.05, 4.69) is 12.6 Å². The predicted molar refractivity (Wildman–Crippen MR) is 50.9 cm³/mol. The van der Waals surface area contributed by atoms with Crippen molar-refractivity contribution >= 4 is 23.1 Å². The van der Waals surface area contributed by atoms with E-state index >= 15 is 0 Å². The van der Waals surface area contributed by atoms with Crippen LogP contribution in [-0.2, 0) is 11.3 Å². The Morgan fingerprint density at radius 1 is 1.46 bits per heavy atom. The first-order valence-electron chi connectivity index (χ1n) is 3.57. The standard InChI is InChI=1S/C10H11O.BrH.Mg/c1-2-8-11-9-10-6-4-3-5-7-10;;/h2-6H,1,8-9H2;1H;/q-1;;+2/p-1. The molecule has 0 unspecified atom stereocenters. The van der Waals surface area contributed by atoms with Gasteiger partial charge in [0.25, 0.3) is 0 Å². The fraction of sp³-hybridized carbons (Fsp3) is 0.200. The van der Waals surface area contributed by atoms with Gasteiger partial charge in [-0.3, -0.25) is 0 Å². The Bertz CT molecular complexity index is 213. The van der Waals surface area contributed by atoms with Crippen LogP contribution in [0.15, 0.2) is 36.9 Å². The fourth-order valence-electron chi connectivity index (χ4n) is 0.773. The summed E-state index contributed by atoms with van der Waals surface area (Å²) in [6, 6.07) is 10.9. The second kappa shape index (κ2) is 10.2. The Balaban J connectivity index is 0. The third-order valence-corrected chi connectivity index (χ3v) is 1.27. The maximum atomic E-state index is 5.22. The van der Waals surface area contributed by atoms with Crippen molar-refractivity contribution in [3.63, 3.8) is 0 Å². The van der Waals surface area contributed by atoms with Gasteiger partial charge in [-0.15, -0.1) is 12.1 Å². The van der Waals surface area contributed by atoms with E-state index in [0.717, 1.165) is 5.56 Å². The smallest absolute Gasteiger partial charge is 1.00 e. The molecular formula is C10H11BrMgO. The third kappa shape index (κ3) is 7.25. The van der Waals surface area contributed by atoms with Gasteiger partial charge in [0.05, 0.1) is 6.61 Å². The van der Waals surface area contributed by atoms with Crippen molar-refractivity contribution in [3.8, 4) is 0 Å². The van der Waals surface area contributed by atoms with Crippen molar-refractivity contribution in [2.45, 2.75) is 6.61 Å². The third-order valence-electron chi connectivity index (χ3n) is 1.27. The van der Waals surface area contributed by atoms with E-state index in [1.165, 1.54) is 0 Å². The molecule has 0 bridgehead atoms. The van der Waals surface area contributed by atoms with E-state index in [-0.39, 0.29) is 40.0 Å². The molecular weight excluding hydrogens is 240 g/mol. The number of halogens is 1. The first-order valence-corrected chi connectivity index (χ1v) is 3.57. The maximum absolute atomic E-state index is 5.22. The summed E-state index contributed by atoms with van der Waals surface area (Å²) in [6.07, 6.45) is 1.74. The van der Waals surface area contributed by atoms with Crippen molar-refractivity contribution in [3.05, 3.63) is 48.6 Å². The van der Waals surface area contributed by atoms with Crippen molar-refractivity contribution in [1.82, 2.24) is 0 Å². The van der Waals surface area contributed by atoms with E-state index in [9.17, 15) is 0 Å². The Labute approximate surface area is 106 Å². The Kier molecular flexibility index (Phi) is 12.3. The summed E-state index contributed by atoms with van der Waals surface area (Å²) >= 11 is 0. The summed E-state index contributed by atoms with van der Waals surface area (Å²) in [5.74, 6) is 0. The van der Waals surface area contributed by atoms with Crippen LogP contribution in [0.5, 0.6) is 0 Å². The molecule has 0 amide bonds. The normalized spacial score (nSPS) is 8.00. The zero-order valence-electron chi connectivity index (χ0n) is 7.50. The molecule has 0 aromatic heterocycles. The second-order valence-corrected chi connectivity index (χ2v) is 2.19. The van der Waals surface area contributed by atoms with Gasteiger partial charge in [0.15, 0.2) is 0 Å². The van der Waals surface area contributed by atoms with E-state index in [4.69, 9.17) is 4.74 Å². The van der Waals surface area contributed by atoms with E-state index in [1.54, 1.807) is 6.08 Å². The minimum Gasteiger partial charge on any atom is -1.00 e. The van der Waals surface area contributed by atoms with Crippen LogP contribution in [0.3, 0.4) is 0 Å². The number of benzene rings is 1. The molecule has 0 radical (unpaired) electrons. The summed E-state index contributed by atoms with van der Waals surface area (Å²) < 4.78 is 5.22. The summed E-state index contributed by atoms with van der Waals surface area (Å²) in [5.41, 5.74) is 1.08. The van der Waals surface area contributed by atoms with Crippen LogP contribution < -0.4 is 17.0 Å². The van der Waals surface area contributed by atoms with Gasteiger partial charge in [-0.05, 0) is 0 Å². The van der Waals surface area contributed by atoms with Gasteiger partial charge in [0.2, 0.25) is 0 Å². The molecule has 0 aliphatic heterocycles. The van der Waals surface area contributed by atoms with Crippen molar-refractivity contribution in [2.75, 3.05) is 6.61 Å². The molecule has 1 aromatic carbocycles. The van der Waals surface area contributed by atoms with E-state index in [0.29, 0.717) is 13.2 Å². The summed E-state index contributed by atoms with van der Waals surface area (Å²) in [5, 5.41) is 0. The molecule has 0 aliphatic carbocycles. The summed E-state index contributed by atoms with van der Waals surface area (Å²) in [7, 11) is 0. The van der Waals surface area contributed by atoms with Crippen molar-refractivity contribution < 1.29 is 21.7 Å². The SMILES string of the molecule is C=CCOCc1[c-]cccc1.[Br-].[Mg+2]. The first kappa shape index (κ1) is 15.6. The Morgan fingerprint density at radius 2 is 2.23 bits per heavy atom. The summed E-state index contributed by atoms with van der Waals surface area (Å²) in [4.78, 5) is 0. The molecule has 0 saturated heterocycles. The monoisotopic (exact) mass is 250 g/mol. The van der Waals surface area contributed by atoms with Gasteiger partial charge >= 0.3 is 23.1 Å². The van der Waals surface area contributed by atoms with Crippen LogP contribution in [-0.4, -0.2) is 29.7 Å². The average Bonchev–Trinajstić information content (AvgIpc) is 2.07. The van der Waals surface area contributed by atoms with Gasteiger partial charge in [-0.2, -0.15) is 30.3 Å². The number of hydrogen-bond donors (Lipinski definition) is 0. The van der Waals surface area contributed by atoms with Gasteiger partial charge in [0.1, 0.15) is 0 Å². The van der Waals surface area contributed by atoms with Crippen LogP contribution >= 0.6 is 0 Å². The van der Waals surface area contributed by atoms with Gasteiger partial charge in [-0.25, -0.2) is 0 Å². The molecule has 0 N–H and O–H groups in total. The van der Waals surface area contributed by atoms with Crippen molar-refractivity contribution in [2.24, 2.45) is 0 Å². The second-order valence-electron chi connectivity index (χ2n) is 2.19. The van der Waals surface area contributed by atoms with E-state index < -0.39 is 0 Å². The van der Waals surface area contributed by atoms with Crippen LogP contribution in [0.1, 0.15) is 5.56 Å². The minimum atomic E-state index is 0. The molecule has 0 atom stereocenters. The molecule has 0 aliphatic rings. The molecule has 13 heavy (non-hydrogen) atoms.